The minimum Gasteiger partial charge on any atom is -0.366 e. The molecule has 0 bridgehead atoms. The Morgan fingerprint density at radius 2 is 2.21 bits per heavy atom. The second kappa shape index (κ2) is 5.52. The van der Waals surface area contributed by atoms with Crippen LogP contribution in [0.15, 0.2) is 22.7 Å². The summed E-state index contributed by atoms with van der Waals surface area (Å²) < 4.78 is 1.04. The number of nitriles is 1. The van der Waals surface area contributed by atoms with Crippen LogP contribution in [0.5, 0.6) is 0 Å². The normalized spacial score (nSPS) is 22.2. The van der Waals surface area contributed by atoms with Crippen molar-refractivity contribution in [1.82, 2.24) is 5.32 Å². The van der Waals surface area contributed by atoms with Crippen molar-refractivity contribution in [3.05, 3.63) is 28.2 Å². The third-order valence-corrected chi connectivity index (χ3v) is 4.59. The van der Waals surface area contributed by atoms with Crippen molar-refractivity contribution < 1.29 is 0 Å². The van der Waals surface area contributed by atoms with Gasteiger partial charge in [0.05, 0.1) is 17.3 Å². The van der Waals surface area contributed by atoms with Crippen LogP contribution >= 0.6 is 15.9 Å². The van der Waals surface area contributed by atoms with E-state index in [1.807, 2.05) is 12.1 Å². The Bertz CT molecular complexity index is 499. The monoisotopic (exact) mass is 319 g/mol. The van der Waals surface area contributed by atoms with Crippen molar-refractivity contribution in [3.63, 3.8) is 0 Å². The van der Waals surface area contributed by atoms with Gasteiger partial charge < -0.3 is 10.2 Å². The summed E-state index contributed by atoms with van der Waals surface area (Å²) in [6.45, 7) is 2.23. The lowest BCUT2D eigenvalue weighted by atomic mass is 10.1. The van der Waals surface area contributed by atoms with E-state index in [9.17, 15) is 0 Å². The minimum atomic E-state index is 0.614. The molecule has 0 spiro atoms. The maximum atomic E-state index is 8.95. The molecule has 1 aromatic carbocycles. The van der Waals surface area contributed by atoms with Crippen LogP contribution in [-0.2, 0) is 0 Å². The smallest absolute Gasteiger partial charge is 0.0992 e. The highest BCUT2D eigenvalue weighted by Crippen LogP contribution is 2.36. The fraction of sp³-hybridized carbons (Fsp3) is 0.533. The van der Waals surface area contributed by atoms with Gasteiger partial charge in [0.15, 0.2) is 0 Å². The molecule has 3 rings (SSSR count). The lowest BCUT2D eigenvalue weighted by Crippen LogP contribution is -2.39. The molecule has 3 nitrogen and oxygen atoms in total. The van der Waals surface area contributed by atoms with E-state index in [1.54, 1.807) is 0 Å². The molecule has 1 aliphatic carbocycles. The fourth-order valence-corrected chi connectivity index (χ4v) is 3.40. The van der Waals surface area contributed by atoms with E-state index in [-0.39, 0.29) is 0 Å². The number of hydrogen-bond donors (Lipinski definition) is 1. The van der Waals surface area contributed by atoms with Crippen LogP contribution < -0.4 is 10.2 Å². The summed E-state index contributed by atoms with van der Waals surface area (Å²) in [4.78, 5) is 2.51. The van der Waals surface area contributed by atoms with Gasteiger partial charge in [-0.05, 0) is 66.4 Å². The number of halogens is 1. The molecule has 1 unspecified atom stereocenters. The Hall–Kier alpha value is -1.05. The lowest BCUT2D eigenvalue weighted by Gasteiger charge is -2.29. The van der Waals surface area contributed by atoms with Crippen LogP contribution in [0.1, 0.15) is 31.2 Å². The SMILES string of the molecule is N#Cc1ccc(N(CC2CCCN2)C2CC2)c(Br)c1. The topological polar surface area (TPSA) is 39.1 Å². The first-order chi connectivity index (χ1) is 9.28. The molecule has 0 amide bonds. The van der Waals surface area contributed by atoms with E-state index in [0.717, 1.165) is 17.6 Å². The minimum absolute atomic E-state index is 0.614. The van der Waals surface area contributed by atoms with E-state index in [1.165, 1.54) is 31.4 Å². The van der Waals surface area contributed by atoms with Crippen LogP contribution in [0.2, 0.25) is 0 Å². The zero-order chi connectivity index (χ0) is 13.2. The highest BCUT2D eigenvalue weighted by Gasteiger charge is 2.32. The summed E-state index contributed by atoms with van der Waals surface area (Å²) in [5, 5.41) is 12.5. The van der Waals surface area contributed by atoms with E-state index < -0.39 is 0 Å². The van der Waals surface area contributed by atoms with Crippen molar-refractivity contribution in [3.8, 4) is 6.07 Å². The van der Waals surface area contributed by atoms with E-state index in [2.05, 4.69) is 38.3 Å². The van der Waals surface area contributed by atoms with Gasteiger partial charge >= 0.3 is 0 Å². The number of hydrogen-bond acceptors (Lipinski definition) is 3. The van der Waals surface area contributed by atoms with Gasteiger partial charge in [-0.25, -0.2) is 0 Å². The molecule has 1 aliphatic heterocycles. The molecular weight excluding hydrogens is 302 g/mol. The van der Waals surface area contributed by atoms with Gasteiger partial charge in [-0.1, -0.05) is 0 Å². The first-order valence-electron chi connectivity index (χ1n) is 6.97. The molecule has 1 saturated heterocycles. The molecule has 2 fully saturated rings. The van der Waals surface area contributed by atoms with E-state index in [4.69, 9.17) is 5.26 Å². The molecule has 0 aromatic heterocycles. The van der Waals surface area contributed by atoms with Gasteiger partial charge in [0.2, 0.25) is 0 Å². The third kappa shape index (κ3) is 2.93. The van der Waals surface area contributed by atoms with E-state index >= 15 is 0 Å². The van der Waals surface area contributed by atoms with Crippen LogP contribution in [0.3, 0.4) is 0 Å². The van der Waals surface area contributed by atoms with Crippen LogP contribution in [0.4, 0.5) is 5.69 Å². The van der Waals surface area contributed by atoms with Gasteiger partial charge in [-0.2, -0.15) is 5.26 Å². The van der Waals surface area contributed by atoms with Gasteiger partial charge in [0.1, 0.15) is 0 Å². The molecule has 19 heavy (non-hydrogen) atoms. The summed E-state index contributed by atoms with van der Waals surface area (Å²) in [5.41, 5.74) is 1.94. The Morgan fingerprint density at radius 3 is 2.79 bits per heavy atom. The van der Waals surface area contributed by atoms with Crippen LogP contribution in [-0.4, -0.2) is 25.2 Å². The summed E-state index contributed by atoms with van der Waals surface area (Å²) >= 11 is 3.62. The second-order valence-corrected chi connectivity index (χ2v) is 6.31. The van der Waals surface area contributed by atoms with Gasteiger partial charge in [0.25, 0.3) is 0 Å². The molecule has 1 aromatic rings. The van der Waals surface area contributed by atoms with Crippen LogP contribution in [0, 0.1) is 11.3 Å². The zero-order valence-corrected chi connectivity index (χ0v) is 12.5. The lowest BCUT2D eigenvalue weighted by molar-refractivity contribution is 0.578. The number of rotatable bonds is 4. The molecule has 1 heterocycles. The third-order valence-electron chi connectivity index (χ3n) is 3.95. The Morgan fingerprint density at radius 1 is 1.37 bits per heavy atom. The number of anilines is 1. The maximum Gasteiger partial charge on any atom is 0.0992 e. The molecule has 100 valence electrons. The Balaban J connectivity index is 1.81. The Kier molecular flexibility index (Phi) is 3.76. The quantitative estimate of drug-likeness (QED) is 0.927. The highest BCUT2D eigenvalue weighted by molar-refractivity contribution is 9.10. The molecule has 1 atom stereocenters. The first-order valence-corrected chi connectivity index (χ1v) is 7.77. The second-order valence-electron chi connectivity index (χ2n) is 5.45. The first kappa shape index (κ1) is 13.0. The van der Waals surface area contributed by atoms with Crippen molar-refractivity contribution in [2.75, 3.05) is 18.0 Å². The molecule has 1 saturated carbocycles. The average Bonchev–Trinajstić information content (AvgIpc) is 3.14. The summed E-state index contributed by atoms with van der Waals surface area (Å²) in [5.74, 6) is 0. The average molecular weight is 320 g/mol. The zero-order valence-electron chi connectivity index (χ0n) is 10.9. The number of nitrogens with one attached hydrogen (secondary N) is 1. The van der Waals surface area contributed by atoms with Crippen molar-refractivity contribution in [1.29, 1.82) is 5.26 Å². The summed E-state index contributed by atoms with van der Waals surface area (Å²) in [6.07, 6.45) is 5.15. The highest BCUT2D eigenvalue weighted by atomic mass is 79.9. The molecule has 0 radical (unpaired) electrons. The van der Waals surface area contributed by atoms with Crippen LogP contribution in [0.25, 0.3) is 0 Å². The van der Waals surface area contributed by atoms with Crippen molar-refractivity contribution >= 4 is 21.6 Å². The summed E-state index contributed by atoms with van der Waals surface area (Å²) in [6, 6.07) is 9.41. The predicted octanol–water partition coefficient (Wildman–Crippen LogP) is 3.04. The van der Waals surface area contributed by atoms with Gasteiger partial charge in [-0.3, -0.25) is 0 Å². The predicted molar refractivity (Wildman–Crippen MR) is 80.2 cm³/mol. The van der Waals surface area contributed by atoms with E-state index in [0.29, 0.717) is 17.6 Å². The summed E-state index contributed by atoms with van der Waals surface area (Å²) in [7, 11) is 0. The number of nitrogens with zero attached hydrogens (tertiary/aromatic N) is 2. The maximum absolute atomic E-state index is 8.95. The fourth-order valence-electron chi connectivity index (χ4n) is 2.79. The largest absolute Gasteiger partial charge is 0.366 e. The number of benzene rings is 1. The standard InChI is InChI=1S/C15H18BrN3/c16-14-8-11(9-17)3-6-15(14)19(13-4-5-13)10-12-2-1-7-18-12/h3,6,8,12-13,18H,1-2,4-5,7,10H2. The van der Waals surface area contributed by atoms with Crippen molar-refractivity contribution in [2.24, 2.45) is 0 Å². The molecular formula is C15H18BrN3. The Labute approximate surface area is 122 Å². The molecule has 2 aliphatic rings. The van der Waals surface area contributed by atoms with Gasteiger partial charge in [0, 0.05) is 23.1 Å². The van der Waals surface area contributed by atoms with Crippen molar-refractivity contribution in [2.45, 2.75) is 37.8 Å². The molecule has 4 heteroatoms. The molecule has 1 N–H and O–H groups in total. The van der Waals surface area contributed by atoms with Gasteiger partial charge in [-0.15, -0.1) is 0 Å².